The lowest BCUT2D eigenvalue weighted by atomic mass is 10.2. The zero-order valence-corrected chi connectivity index (χ0v) is 12.2. The average Bonchev–Trinajstić information content (AvgIpc) is 2.45. The number of hydrogen-bond donors (Lipinski definition) is 1. The second-order valence-corrected chi connectivity index (χ2v) is 4.60. The van der Waals surface area contributed by atoms with E-state index in [1.165, 1.54) is 13.2 Å². The molecule has 112 valence electrons. The van der Waals surface area contributed by atoms with Gasteiger partial charge in [-0.3, -0.25) is 4.79 Å². The van der Waals surface area contributed by atoms with Crippen molar-refractivity contribution in [1.82, 2.24) is 5.32 Å². The Kier molecular flexibility index (Phi) is 7.01. The number of nitrogens with one attached hydrogen (secondary N) is 1. The van der Waals surface area contributed by atoms with Crippen LogP contribution < -0.4 is 10.1 Å². The monoisotopic (exact) mass is 283 g/mol. The quantitative estimate of drug-likeness (QED) is 0.744. The topological polar surface area (TPSA) is 47.6 Å². The van der Waals surface area contributed by atoms with Gasteiger partial charge in [-0.2, -0.15) is 0 Å². The van der Waals surface area contributed by atoms with Gasteiger partial charge in [-0.15, -0.1) is 0 Å². The number of esters is 1. The normalized spacial score (nSPS) is 12.0. The Hall–Kier alpha value is -1.62. The van der Waals surface area contributed by atoms with Gasteiger partial charge >= 0.3 is 5.97 Å². The maximum Gasteiger partial charge on any atom is 0.322 e. The van der Waals surface area contributed by atoms with Crippen LogP contribution in [0.4, 0.5) is 4.39 Å². The first kappa shape index (κ1) is 16.4. The lowest BCUT2D eigenvalue weighted by molar-refractivity contribution is -0.143. The van der Waals surface area contributed by atoms with Crippen LogP contribution in [-0.2, 0) is 9.53 Å². The number of hydrogen-bond acceptors (Lipinski definition) is 4. The van der Waals surface area contributed by atoms with E-state index in [0.717, 1.165) is 18.5 Å². The summed E-state index contributed by atoms with van der Waals surface area (Å²) in [6, 6.07) is 4.27. The van der Waals surface area contributed by atoms with Gasteiger partial charge in [-0.05, 0) is 37.6 Å². The maximum atomic E-state index is 13.5. The molecule has 0 bridgehead atoms. The number of benzene rings is 1. The molecule has 0 saturated carbocycles. The number of ether oxygens (including phenoxy) is 2. The van der Waals surface area contributed by atoms with Crippen LogP contribution in [0.15, 0.2) is 18.2 Å². The van der Waals surface area contributed by atoms with E-state index in [0.29, 0.717) is 6.42 Å². The van der Waals surface area contributed by atoms with Crippen LogP contribution in [0, 0.1) is 12.7 Å². The molecule has 0 amide bonds. The minimum atomic E-state index is -0.423. The predicted molar refractivity (Wildman–Crippen MR) is 75.3 cm³/mol. The summed E-state index contributed by atoms with van der Waals surface area (Å²) in [6.07, 6.45) is 1.35. The second kappa shape index (κ2) is 8.53. The van der Waals surface area contributed by atoms with Crippen molar-refractivity contribution in [2.75, 3.05) is 20.3 Å². The number of rotatable bonds is 8. The molecule has 0 aliphatic carbocycles. The first-order chi connectivity index (χ1) is 9.58. The van der Waals surface area contributed by atoms with Crippen LogP contribution in [0.25, 0.3) is 0 Å². The number of methoxy groups -OCH3 is 1. The van der Waals surface area contributed by atoms with E-state index in [2.05, 4.69) is 5.32 Å². The molecule has 1 aromatic carbocycles. The fourth-order valence-corrected chi connectivity index (χ4v) is 1.77. The molecule has 0 aliphatic rings. The zero-order chi connectivity index (χ0) is 15.0. The molecule has 0 radical (unpaired) electrons. The van der Waals surface area contributed by atoms with E-state index in [-0.39, 0.29) is 18.3 Å². The Morgan fingerprint density at radius 2 is 2.20 bits per heavy atom. The third kappa shape index (κ3) is 5.17. The Labute approximate surface area is 119 Å². The van der Waals surface area contributed by atoms with Crippen LogP contribution in [-0.4, -0.2) is 32.3 Å². The van der Waals surface area contributed by atoms with Crippen molar-refractivity contribution in [1.29, 1.82) is 0 Å². The fourth-order valence-electron chi connectivity index (χ4n) is 1.77. The summed E-state index contributed by atoms with van der Waals surface area (Å²) >= 11 is 0. The highest BCUT2D eigenvalue weighted by Gasteiger charge is 2.18. The molecular formula is C15H22FNO3. The SMILES string of the molecule is CCCNC(CCOc1cc(C)ccc1F)C(=O)OC. The number of halogens is 1. The van der Waals surface area contributed by atoms with Gasteiger partial charge in [0.25, 0.3) is 0 Å². The van der Waals surface area contributed by atoms with E-state index in [1.807, 2.05) is 13.8 Å². The molecular weight excluding hydrogens is 261 g/mol. The van der Waals surface area contributed by atoms with Gasteiger partial charge in [0.1, 0.15) is 6.04 Å². The molecule has 0 aromatic heterocycles. The van der Waals surface area contributed by atoms with Gasteiger partial charge in [-0.1, -0.05) is 13.0 Å². The minimum absolute atomic E-state index is 0.212. The highest BCUT2D eigenvalue weighted by atomic mass is 19.1. The molecule has 1 unspecified atom stereocenters. The molecule has 0 spiro atoms. The minimum Gasteiger partial charge on any atom is -0.490 e. The lowest BCUT2D eigenvalue weighted by Crippen LogP contribution is -2.39. The van der Waals surface area contributed by atoms with Gasteiger partial charge in [0.2, 0.25) is 0 Å². The maximum absolute atomic E-state index is 13.5. The van der Waals surface area contributed by atoms with Gasteiger partial charge in [0.05, 0.1) is 13.7 Å². The molecule has 1 aromatic rings. The Morgan fingerprint density at radius 3 is 2.85 bits per heavy atom. The van der Waals surface area contributed by atoms with Crippen LogP contribution in [0.3, 0.4) is 0 Å². The Morgan fingerprint density at radius 1 is 1.45 bits per heavy atom. The molecule has 1 atom stereocenters. The van der Waals surface area contributed by atoms with E-state index >= 15 is 0 Å². The fraction of sp³-hybridized carbons (Fsp3) is 0.533. The summed E-state index contributed by atoms with van der Waals surface area (Å²) < 4.78 is 23.6. The highest BCUT2D eigenvalue weighted by Crippen LogP contribution is 2.18. The Bertz CT molecular complexity index is 437. The largest absolute Gasteiger partial charge is 0.490 e. The third-order valence-corrected chi connectivity index (χ3v) is 2.88. The van der Waals surface area contributed by atoms with Crippen molar-refractivity contribution in [3.8, 4) is 5.75 Å². The van der Waals surface area contributed by atoms with Crippen molar-refractivity contribution in [3.05, 3.63) is 29.6 Å². The van der Waals surface area contributed by atoms with E-state index in [1.54, 1.807) is 12.1 Å². The zero-order valence-electron chi connectivity index (χ0n) is 12.2. The van der Waals surface area contributed by atoms with Crippen molar-refractivity contribution >= 4 is 5.97 Å². The molecule has 4 nitrogen and oxygen atoms in total. The van der Waals surface area contributed by atoms with Crippen molar-refractivity contribution in [3.63, 3.8) is 0 Å². The Balaban J connectivity index is 2.50. The first-order valence-corrected chi connectivity index (χ1v) is 6.78. The number of carbonyl (C=O) groups excluding carboxylic acids is 1. The van der Waals surface area contributed by atoms with Crippen molar-refractivity contribution in [2.24, 2.45) is 0 Å². The van der Waals surface area contributed by atoms with E-state index in [4.69, 9.17) is 9.47 Å². The van der Waals surface area contributed by atoms with Crippen LogP contribution in [0.2, 0.25) is 0 Å². The summed E-state index contributed by atoms with van der Waals surface area (Å²) in [4.78, 5) is 11.6. The molecule has 0 aliphatic heterocycles. The van der Waals surface area contributed by atoms with Crippen LogP contribution in [0.5, 0.6) is 5.75 Å². The molecule has 0 fully saturated rings. The first-order valence-electron chi connectivity index (χ1n) is 6.78. The van der Waals surface area contributed by atoms with E-state index in [9.17, 15) is 9.18 Å². The molecule has 0 heterocycles. The molecule has 20 heavy (non-hydrogen) atoms. The smallest absolute Gasteiger partial charge is 0.322 e. The van der Waals surface area contributed by atoms with Gasteiger partial charge in [0.15, 0.2) is 11.6 Å². The van der Waals surface area contributed by atoms with Crippen LogP contribution >= 0.6 is 0 Å². The van der Waals surface area contributed by atoms with Crippen LogP contribution in [0.1, 0.15) is 25.3 Å². The van der Waals surface area contributed by atoms with Gasteiger partial charge in [-0.25, -0.2) is 4.39 Å². The lowest BCUT2D eigenvalue weighted by Gasteiger charge is -2.16. The number of carbonyl (C=O) groups is 1. The summed E-state index contributed by atoms with van der Waals surface area (Å²) in [5.74, 6) is -0.511. The average molecular weight is 283 g/mol. The molecule has 1 N–H and O–H groups in total. The van der Waals surface area contributed by atoms with Gasteiger partial charge < -0.3 is 14.8 Å². The highest BCUT2D eigenvalue weighted by molar-refractivity contribution is 5.75. The molecule has 5 heteroatoms. The summed E-state index contributed by atoms with van der Waals surface area (Å²) in [5, 5.41) is 3.08. The molecule has 0 saturated heterocycles. The van der Waals surface area contributed by atoms with Gasteiger partial charge in [0, 0.05) is 6.42 Å². The third-order valence-electron chi connectivity index (χ3n) is 2.88. The molecule has 1 rings (SSSR count). The number of aryl methyl sites for hydroxylation is 1. The summed E-state index contributed by atoms with van der Waals surface area (Å²) in [7, 11) is 1.35. The van der Waals surface area contributed by atoms with E-state index < -0.39 is 11.9 Å². The second-order valence-electron chi connectivity index (χ2n) is 4.60. The summed E-state index contributed by atoms with van der Waals surface area (Å²) in [5.41, 5.74) is 0.926. The standard InChI is InChI=1S/C15H22FNO3/c1-4-8-17-13(15(18)19-3)7-9-20-14-10-11(2)5-6-12(14)16/h5-6,10,13,17H,4,7-9H2,1-3H3. The summed E-state index contributed by atoms with van der Waals surface area (Å²) in [6.45, 7) is 4.85. The predicted octanol–water partition coefficient (Wildman–Crippen LogP) is 2.44. The van der Waals surface area contributed by atoms with Crippen molar-refractivity contribution < 1.29 is 18.7 Å². The van der Waals surface area contributed by atoms with Crippen molar-refractivity contribution in [2.45, 2.75) is 32.7 Å².